The molecule has 0 fully saturated rings. The summed E-state index contributed by atoms with van der Waals surface area (Å²) in [5.41, 5.74) is 7.05. The van der Waals surface area contributed by atoms with Crippen molar-refractivity contribution in [2.45, 2.75) is 13.2 Å². The van der Waals surface area contributed by atoms with Gasteiger partial charge in [-0.15, -0.1) is 11.3 Å². The Bertz CT molecular complexity index is 678. The number of benzene rings is 1. The predicted octanol–water partition coefficient (Wildman–Crippen LogP) is 2.57. The molecule has 0 aliphatic rings. The molecule has 19 heavy (non-hydrogen) atoms. The van der Waals surface area contributed by atoms with E-state index < -0.39 is 0 Å². The molecule has 0 atom stereocenters. The fourth-order valence-electron chi connectivity index (χ4n) is 1.85. The summed E-state index contributed by atoms with van der Waals surface area (Å²) in [5, 5.41) is 1.97. The first-order chi connectivity index (χ1) is 9.26. The average Bonchev–Trinajstić information content (AvgIpc) is 2.97. The number of rotatable bonds is 4. The third-order valence-corrected chi connectivity index (χ3v) is 3.53. The van der Waals surface area contributed by atoms with Gasteiger partial charge in [0.05, 0.1) is 5.69 Å². The summed E-state index contributed by atoms with van der Waals surface area (Å²) in [4.78, 5) is 5.34. The standard InChI is InChI=1S/C13H12FN3OS/c14-10-1-2-12(9(5-10)6-15)18-8-11-7-17-3-4-19-13(17)16-11/h1-5,7H,6,8,15H2. The van der Waals surface area contributed by atoms with Crippen molar-refractivity contribution in [1.29, 1.82) is 0 Å². The summed E-state index contributed by atoms with van der Waals surface area (Å²) >= 11 is 1.57. The molecule has 6 heteroatoms. The van der Waals surface area contributed by atoms with E-state index in [9.17, 15) is 4.39 Å². The molecular formula is C13H12FN3OS. The minimum atomic E-state index is -0.310. The number of halogens is 1. The van der Waals surface area contributed by atoms with Crippen LogP contribution in [0.5, 0.6) is 5.75 Å². The quantitative estimate of drug-likeness (QED) is 0.797. The molecule has 2 heterocycles. The molecule has 0 saturated carbocycles. The SMILES string of the molecule is NCc1cc(F)ccc1OCc1cn2ccsc2n1. The first-order valence-corrected chi connectivity index (χ1v) is 6.66. The third-order valence-electron chi connectivity index (χ3n) is 2.76. The lowest BCUT2D eigenvalue weighted by molar-refractivity contribution is 0.298. The number of hydrogen-bond acceptors (Lipinski definition) is 4. The lowest BCUT2D eigenvalue weighted by atomic mass is 10.2. The topological polar surface area (TPSA) is 52.5 Å². The van der Waals surface area contributed by atoms with Gasteiger partial charge in [0, 0.05) is 29.9 Å². The molecule has 3 rings (SSSR count). The van der Waals surface area contributed by atoms with E-state index in [-0.39, 0.29) is 12.4 Å². The molecule has 0 spiro atoms. The van der Waals surface area contributed by atoms with Gasteiger partial charge >= 0.3 is 0 Å². The second-order valence-electron chi connectivity index (χ2n) is 4.07. The van der Waals surface area contributed by atoms with Gasteiger partial charge in [-0.05, 0) is 18.2 Å². The zero-order chi connectivity index (χ0) is 13.2. The van der Waals surface area contributed by atoms with Crippen molar-refractivity contribution in [2.75, 3.05) is 0 Å². The highest BCUT2D eigenvalue weighted by atomic mass is 32.1. The minimum Gasteiger partial charge on any atom is -0.487 e. The first-order valence-electron chi connectivity index (χ1n) is 5.78. The molecule has 2 aromatic heterocycles. The average molecular weight is 277 g/mol. The normalized spacial score (nSPS) is 11.1. The van der Waals surface area contributed by atoms with Crippen molar-refractivity contribution in [2.24, 2.45) is 5.73 Å². The molecule has 98 valence electrons. The van der Waals surface area contributed by atoms with E-state index in [1.165, 1.54) is 12.1 Å². The molecule has 0 bridgehead atoms. The molecule has 1 aromatic carbocycles. The van der Waals surface area contributed by atoms with Crippen molar-refractivity contribution in [3.63, 3.8) is 0 Å². The Kier molecular flexibility index (Phi) is 3.18. The molecule has 0 aliphatic heterocycles. The molecule has 0 aliphatic carbocycles. The number of hydrogen-bond donors (Lipinski definition) is 1. The van der Waals surface area contributed by atoms with Gasteiger partial charge in [-0.25, -0.2) is 9.37 Å². The Hall–Kier alpha value is -1.92. The number of fused-ring (bicyclic) bond motifs is 1. The van der Waals surface area contributed by atoms with Crippen LogP contribution in [-0.4, -0.2) is 9.38 Å². The van der Waals surface area contributed by atoms with E-state index in [4.69, 9.17) is 10.5 Å². The van der Waals surface area contributed by atoms with Crippen LogP contribution in [-0.2, 0) is 13.2 Å². The summed E-state index contributed by atoms with van der Waals surface area (Å²) in [6.07, 6.45) is 3.86. The van der Waals surface area contributed by atoms with Crippen LogP contribution in [0.4, 0.5) is 4.39 Å². The van der Waals surface area contributed by atoms with Gasteiger partial charge in [-0.1, -0.05) is 0 Å². The molecule has 2 N–H and O–H groups in total. The Morgan fingerprint density at radius 2 is 2.32 bits per heavy atom. The lowest BCUT2D eigenvalue weighted by Gasteiger charge is -2.09. The Labute approximate surface area is 113 Å². The van der Waals surface area contributed by atoms with Crippen LogP contribution >= 0.6 is 11.3 Å². The zero-order valence-corrected chi connectivity index (χ0v) is 10.9. The molecular weight excluding hydrogens is 265 g/mol. The van der Waals surface area contributed by atoms with E-state index in [2.05, 4.69) is 4.98 Å². The Morgan fingerprint density at radius 3 is 3.11 bits per heavy atom. The fourth-order valence-corrected chi connectivity index (χ4v) is 2.56. The Morgan fingerprint density at radius 1 is 1.42 bits per heavy atom. The van der Waals surface area contributed by atoms with E-state index >= 15 is 0 Å². The molecule has 0 unspecified atom stereocenters. The van der Waals surface area contributed by atoms with Gasteiger partial charge in [0.2, 0.25) is 0 Å². The predicted molar refractivity (Wildman–Crippen MR) is 71.7 cm³/mol. The fraction of sp³-hybridized carbons (Fsp3) is 0.154. The molecule has 3 aromatic rings. The number of nitrogens with zero attached hydrogens (tertiary/aromatic N) is 2. The number of aromatic nitrogens is 2. The molecule has 0 saturated heterocycles. The first kappa shape index (κ1) is 12.1. The van der Waals surface area contributed by atoms with Crippen LogP contribution in [0.25, 0.3) is 4.96 Å². The molecule has 4 nitrogen and oxygen atoms in total. The maximum absolute atomic E-state index is 13.1. The van der Waals surface area contributed by atoms with Crippen LogP contribution in [0.15, 0.2) is 36.0 Å². The van der Waals surface area contributed by atoms with Gasteiger partial charge in [0.15, 0.2) is 4.96 Å². The van der Waals surface area contributed by atoms with Crippen LogP contribution in [0.3, 0.4) is 0 Å². The molecule has 0 amide bonds. The van der Waals surface area contributed by atoms with Gasteiger partial charge < -0.3 is 10.5 Å². The van der Waals surface area contributed by atoms with E-state index in [1.54, 1.807) is 17.4 Å². The van der Waals surface area contributed by atoms with Gasteiger partial charge in [-0.3, -0.25) is 4.40 Å². The van der Waals surface area contributed by atoms with Crippen molar-refractivity contribution in [1.82, 2.24) is 9.38 Å². The highest BCUT2D eigenvalue weighted by molar-refractivity contribution is 7.15. The maximum atomic E-state index is 13.1. The number of ether oxygens (including phenoxy) is 1. The van der Waals surface area contributed by atoms with E-state index in [1.807, 2.05) is 22.2 Å². The Balaban J connectivity index is 1.77. The molecule has 0 radical (unpaired) electrons. The lowest BCUT2D eigenvalue weighted by Crippen LogP contribution is -2.03. The summed E-state index contributed by atoms with van der Waals surface area (Å²) in [5.74, 6) is 0.288. The zero-order valence-electron chi connectivity index (χ0n) is 10.0. The minimum absolute atomic E-state index is 0.241. The number of nitrogens with two attached hydrogens (primary N) is 1. The van der Waals surface area contributed by atoms with Crippen molar-refractivity contribution in [3.05, 3.63) is 53.0 Å². The second-order valence-corrected chi connectivity index (χ2v) is 4.94. The highest BCUT2D eigenvalue weighted by Crippen LogP contribution is 2.21. The van der Waals surface area contributed by atoms with Crippen LogP contribution in [0.1, 0.15) is 11.3 Å². The number of thiazole rings is 1. The van der Waals surface area contributed by atoms with E-state index in [0.717, 1.165) is 10.7 Å². The monoisotopic (exact) mass is 277 g/mol. The smallest absolute Gasteiger partial charge is 0.193 e. The van der Waals surface area contributed by atoms with E-state index in [0.29, 0.717) is 17.9 Å². The van der Waals surface area contributed by atoms with Crippen molar-refractivity contribution in [3.8, 4) is 5.75 Å². The van der Waals surface area contributed by atoms with Gasteiger partial charge in [0.25, 0.3) is 0 Å². The highest BCUT2D eigenvalue weighted by Gasteiger charge is 2.07. The van der Waals surface area contributed by atoms with Crippen LogP contribution in [0.2, 0.25) is 0 Å². The van der Waals surface area contributed by atoms with Crippen molar-refractivity contribution >= 4 is 16.3 Å². The summed E-state index contributed by atoms with van der Waals surface area (Å²) in [6, 6.07) is 4.34. The summed E-state index contributed by atoms with van der Waals surface area (Å²) < 4.78 is 20.7. The largest absolute Gasteiger partial charge is 0.487 e. The third kappa shape index (κ3) is 2.45. The summed E-state index contributed by atoms with van der Waals surface area (Å²) in [6.45, 7) is 0.582. The maximum Gasteiger partial charge on any atom is 0.193 e. The van der Waals surface area contributed by atoms with Gasteiger partial charge in [0.1, 0.15) is 18.2 Å². The van der Waals surface area contributed by atoms with Gasteiger partial charge in [-0.2, -0.15) is 0 Å². The number of imidazole rings is 1. The van der Waals surface area contributed by atoms with Crippen LogP contribution < -0.4 is 10.5 Å². The summed E-state index contributed by atoms with van der Waals surface area (Å²) in [7, 11) is 0. The van der Waals surface area contributed by atoms with Crippen LogP contribution in [0, 0.1) is 5.82 Å². The van der Waals surface area contributed by atoms with Crippen molar-refractivity contribution < 1.29 is 9.13 Å². The second kappa shape index (κ2) is 4.99.